The van der Waals surface area contributed by atoms with Crippen molar-refractivity contribution in [1.82, 2.24) is 0 Å². The molecule has 554 valence electrons. The summed E-state index contributed by atoms with van der Waals surface area (Å²) in [5, 5.41) is 4.33. The van der Waals surface area contributed by atoms with Gasteiger partial charge < -0.3 is 28.4 Å². The summed E-state index contributed by atoms with van der Waals surface area (Å²) in [7, 11) is 0. The second-order valence-electron chi connectivity index (χ2n) is 27.8. The van der Waals surface area contributed by atoms with Gasteiger partial charge in [0.1, 0.15) is 34.5 Å². The van der Waals surface area contributed by atoms with Gasteiger partial charge in [-0.05, 0) is 146 Å². The Balaban J connectivity index is 1.04. The minimum absolute atomic E-state index is 0.667. The van der Waals surface area contributed by atoms with Crippen LogP contribution in [0, 0.1) is 0 Å². The first kappa shape index (κ1) is 80.8. The van der Waals surface area contributed by atoms with Gasteiger partial charge in [0.05, 0.1) is 39.6 Å². The molecule has 0 bridgehead atoms. The van der Waals surface area contributed by atoms with E-state index in [2.05, 4.69) is 161 Å². The van der Waals surface area contributed by atoms with E-state index in [0.717, 1.165) is 119 Å². The summed E-state index contributed by atoms with van der Waals surface area (Å²) in [6.45, 7) is 17.9. The Kier molecular flexibility index (Phi) is 37.4. The second kappa shape index (κ2) is 47.3. The Hall–Kier alpha value is -5.34. The summed E-state index contributed by atoms with van der Waals surface area (Å²) in [6.07, 6.45) is 43.8. The van der Waals surface area contributed by atoms with Crippen LogP contribution < -0.4 is 28.4 Å². The molecule has 9 aromatic rings. The van der Waals surface area contributed by atoms with Crippen LogP contribution in [0.1, 0.15) is 273 Å². The average molecular weight is 1490 g/mol. The third kappa shape index (κ3) is 26.0. The predicted molar refractivity (Wildman–Crippen MR) is 450 cm³/mol. The third-order valence-corrected chi connectivity index (χ3v) is 26.0. The van der Waals surface area contributed by atoms with E-state index >= 15 is 0 Å². The van der Waals surface area contributed by atoms with E-state index in [1.165, 1.54) is 229 Å². The summed E-state index contributed by atoms with van der Waals surface area (Å²) in [5.74, 6) is 5.58. The third-order valence-electron chi connectivity index (χ3n) is 19.3. The monoisotopic (exact) mass is 1490 g/mol. The molecule has 12 heteroatoms. The van der Waals surface area contributed by atoms with Gasteiger partial charge >= 0.3 is 0 Å². The molecule has 0 saturated heterocycles. The largest absolute Gasteiger partial charge is 0.493 e. The highest BCUT2D eigenvalue weighted by atomic mass is 32.1. The zero-order valence-corrected chi connectivity index (χ0v) is 68.0. The molecule has 6 nitrogen and oxygen atoms in total. The zero-order valence-electron chi connectivity index (χ0n) is 63.1. The number of hydrogen-bond acceptors (Lipinski definition) is 12. The van der Waals surface area contributed by atoms with Crippen LogP contribution in [-0.4, -0.2) is 39.6 Å². The molecule has 0 spiro atoms. The molecule has 0 amide bonds. The quantitative estimate of drug-likeness (QED) is 0.0354. The highest BCUT2D eigenvalue weighted by Gasteiger charge is 2.24. The number of hydrogen-bond donors (Lipinski definition) is 0. The SMILES string of the molecule is CCCCCCCCOc1cc(-c2ccc(-c3ccc(-c4cc(OCCCCCCCC)c(-c5ccc(-c6ccc(-c7cc(OCCCCCCCC)c(-c8cccs8)cc7OCCCCCCCC)s6)s5)cc4OCCCCCCCC)s3)s2)c(OCCCCCCCC)cc1-c1cccs1. The van der Waals surface area contributed by atoms with Crippen LogP contribution in [0.2, 0.25) is 0 Å². The highest BCUT2D eigenvalue weighted by molar-refractivity contribution is 7.26. The van der Waals surface area contributed by atoms with Crippen molar-refractivity contribution < 1.29 is 28.4 Å². The Morgan fingerprint density at radius 2 is 0.373 bits per heavy atom. The highest BCUT2D eigenvalue weighted by Crippen LogP contribution is 2.52. The zero-order chi connectivity index (χ0) is 71.0. The summed E-state index contributed by atoms with van der Waals surface area (Å²) in [6, 6.07) is 40.9. The van der Waals surface area contributed by atoms with Crippen molar-refractivity contribution >= 4 is 68.0 Å². The first-order valence-electron chi connectivity index (χ1n) is 40.2. The maximum absolute atomic E-state index is 7.07. The normalized spacial score (nSPS) is 11.5. The van der Waals surface area contributed by atoms with Gasteiger partial charge in [0.25, 0.3) is 0 Å². The molecule has 0 unspecified atom stereocenters. The first-order chi connectivity index (χ1) is 50.4. The molecule has 102 heavy (non-hydrogen) atoms. The lowest BCUT2D eigenvalue weighted by Crippen LogP contribution is -2.02. The van der Waals surface area contributed by atoms with Gasteiger partial charge in [-0.25, -0.2) is 0 Å². The van der Waals surface area contributed by atoms with E-state index in [1.807, 2.05) is 45.3 Å². The lowest BCUT2D eigenvalue weighted by molar-refractivity contribution is 0.298. The van der Waals surface area contributed by atoms with Crippen LogP contribution in [0.3, 0.4) is 0 Å². The Morgan fingerprint density at radius 1 is 0.196 bits per heavy atom. The fraction of sp³-hybridized carbons (Fsp3) is 0.533. The van der Waals surface area contributed by atoms with Gasteiger partial charge in [-0.15, -0.1) is 68.0 Å². The molecule has 0 radical (unpaired) electrons. The second-order valence-corrected chi connectivity index (χ2v) is 34.1. The minimum Gasteiger partial charge on any atom is -0.493 e. The van der Waals surface area contributed by atoms with Crippen molar-refractivity contribution in [3.8, 4) is 117 Å². The molecule has 3 aromatic carbocycles. The van der Waals surface area contributed by atoms with Crippen molar-refractivity contribution in [3.63, 3.8) is 0 Å². The fourth-order valence-corrected chi connectivity index (χ4v) is 19.0. The molecule has 0 saturated carbocycles. The number of unbranched alkanes of at least 4 members (excludes halogenated alkanes) is 30. The molecular formula is C90H122O6S6. The Morgan fingerprint density at radius 3 is 0.559 bits per heavy atom. The van der Waals surface area contributed by atoms with Crippen molar-refractivity contribution in [2.45, 2.75) is 273 Å². The molecule has 0 aliphatic heterocycles. The molecule has 0 atom stereocenters. The van der Waals surface area contributed by atoms with Crippen LogP contribution in [0.5, 0.6) is 34.5 Å². The smallest absolute Gasteiger partial charge is 0.128 e. The number of thiophene rings is 6. The van der Waals surface area contributed by atoms with Gasteiger partial charge in [-0.1, -0.05) is 246 Å². The van der Waals surface area contributed by atoms with Crippen LogP contribution in [0.4, 0.5) is 0 Å². The van der Waals surface area contributed by atoms with Gasteiger partial charge in [0.15, 0.2) is 0 Å². The van der Waals surface area contributed by atoms with Crippen LogP contribution in [-0.2, 0) is 0 Å². The standard InChI is InChI=1S/C90H122O6S6/c1-7-13-19-25-31-37-55-91-75-65-71(77(63-69(75)81-45-43-61-97-81)93-57-39-33-27-21-15-9-3)83-47-51-87(99-83)89-53-49-85(101-89)73-67-80(96-60-42-36-30-24-18-12-6)74(68-79(73)95-59-41-35-29-23-17-11-5)86-50-54-90(102-86)88-52-48-84(100-88)72-66-76(92-56-38-32-26-20-14-8-2)70(82-46-44-62-98-82)64-78(72)94-58-40-34-28-22-16-10-4/h43-54,61-68H,7-42,55-60H2,1-6H3. The number of benzene rings is 3. The van der Waals surface area contributed by atoms with Gasteiger partial charge in [-0.2, -0.15) is 0 Å². The fourth-order valence-electron chi connectivity index (χ4n) is 13.3. The summed E-state index contributed by atoms with van der Waals surface area (Å²) >= 11 is 10.9. The molecule has 0 aliphatic carbocycles. The summed E-state index contributed by atoms with van der Waals surface area (Å²) in [5.41, 5.74) is 6.63. The molecule has 6 aromatic heterocycles. The minimum atomic E-state index is 0.667. The molecule has 0 aliphatic rings. The first-order valence-corrected chi connectivity index (χ1v) is 45.3. The molecule has 9 rings (SSSR count). The lowest BCUT2D eigenvalue weighted by Gasteiger charge is -2.17. The van der Waals surface area contributed by atoms with Gasteiger partial charge in [-0.3, -0.25) is 0 Å². The molecule has 0 N–H and O–H groups in total. The number of rotatable bonds is 56. The number of ether oxygens (including phenoxy) is 6. The maximum atomic E-state index is 7.07. The van der Waals surface area contributed by atoms with Crippen LogP contribution >= 0.6 is 68.0 Å². The van der Waals surface area contributed by atoms with E-state index in [1.54, 1.807) is 22.7 Å². The molecule has 0 fully saturated rings. The summed E-state index contributed by atoms with van der Waals surface area (Å²) < 4.78 is 41.5. The van der Waals surface area contributed by atoms with E-state index in [0.29, 0.717) is 39.6 Å². The van der Waals surface area contributed by atoms with E-state index < -0.39 is 0 Å². The van der Waals surface area contributed by atoms with E-state index in [-0.39, 0.29) is 0 Å². The summed E-state index contributed by atoms with van der Waals surface area (Å²) in [4.78, 5) is 12.1. The van der Waals surface area contributed by atoms with Gasteiger partial charge in [0, 0.05) is 82.2 Å². The average Bonchev–Trinajstić information content (AvgIpc) is 1.55. The lowest BCUT2D eigenvalue weighted by atomic mass is 10.1. The van der Waals surface area contributed by atoms with Crippen LogP contribution in [0.25, 0.3) is 82.2 Å². The van der Waals surface area contributed by atoms with Crippen LogP contribution in [0.15, 0.2) is 120 Å². The molecule has 6 heterocycles. The molecular weight excluding hydrogens is 1370 g/mol. The predicted octanol–water partition coefficient (Wildman–Crippen LogP) is 31.8. The van der Waals surface area contributed by atoms with E-state index in [4.69, 9.17) is 28.4 Å². The maximum Gasteiger partial charge on any atom is 0.128 e. The van der Waals surface area contributed by atoms with Gasteiger partial charge in [0.2, 0.25) is 0 Å². The van der Waals surface area contributed by atoms with E-state index in [9.17, 15) is 0 Å². The van der Waals surface area contributed by atoms with Crippen molar-refractivity contribution in [2.75, 3.05) is 39.6 Å². The Labute approximate surface area is 640 Å². The van der Waals surface area contributed by atoms with Crippen molar-refractivity contribution in [1.29, 1.82) is 0 Å². The Bertz CT molecular complexity index is 3450. The topological polar surface area (TPSA) is 55.4 Å². The van der Waals surface area contributed by atoms with Crippen molar-refractivity contribution in [3.05, 3.63) is 120 Å². The van der Waals surface area contributed by atoms with Crippen molar-refractivity contribution in [2.24, 2.45) is 0 Å².